The predicted octanol–water partition coefficient (Wildman–Crippen LogP) is 5.92. The second kappa shape index (κ2) is 8.01. The lowest BCUT2D eigenvalue weighted by Gasteiger charge is -2.15. The smallest absolute Gasteiger partial charge is 0.282 e. The van der Waals surface area contributed by atoms with Gasteiger partial charge in [0.25, 0.3) is 5.56 Å². The Balaban J connectivity index is 2.06. The Hall–Kier alpha value is -2.63. The number of fused-ring (bicyclic) bond motifs is 1. The molecule has 2 aromatic heterocycles. The van der Waals surface area contributed by atoms with Crippen molar-refractivity contribution in [3.05, 3.63) is 75.3 Å². The molecule has 0 spiro atoms. The second-order valence-corrected chi connectivity index (χ2v) is 7.69. The third kappa shape index (κ3) is 3.45. The Morgan fingerprint density at radius 3 is 2.31 bits per heavy atom. The van der Waals surface area contributed by atoms with Crippen molar-refractivity contribution in [2.45, 2.75) is 32.7 Å². The highest BCUT2D eigenvalue weighted by Crippen LogP contribution is 2.32. The van der Waals surface area contributed by atoms with E-state index in [1.54, 1.807) is 33.8 Å². The summed E-state index contributed by atoms with van der Waals surface area (Å²) < 4.78 is 3.37. The number of para-hydroxylation sites is 1. The first kappa shape index (κ1) is 19.7. The second-order valence-electron chi connectivity index (χ2n) is 6.84. The Labute approximate surface area is 178 Å². The van der Waals surface area contributed by atoms with Gasteiger partial charge in [-0.15, -0.1) is 0 Å². The quantitative estimate of drug-likeness (QED) is 0.398. The Morgan fingerprint density at radius 2 is 1.66 bits per heavy atom. The van der Waals surface area contributed by atoms with Crippen molar-refractivity contribution in [2.24, 2.45) is 0 Å². The highest BCUT2D eigenvalue weighted by Gasteiger charge is 2.22. The molecule has 4 aromatic rings. The van der Waals surface area contributed by atoms with Crippen molar-refractivity contribution >= 4 is 34.2 Å². The van der Waals surface area contributed by atoms with Crippen LogP contribution in [0, 0.1) is 0 Å². The summed E-state index contributed by atoms with van der Waals surface area (Å²) in [6.45, 7) is 4.12. The van der Waals surface area contributed by atoms with E-state index < -0.39 is 0 Å². The van der Waals surface area contributed by atoms with Gasteiger partial charge in [-0.1, -0.05) is 61.3 Å². The first-order chi connectivity index (χ1) is 14.0. The summed E-state index contributed by atoms with van der Waals surface area (Å²) in [5, 5.41) is 5.83. The molecule has 5 nitrogen and oxygen atoms in total. The molecule has 148 valence electrons. The van der Waals surface area contributed by atoms with Crippen LogP contribution in [0.2, 0.25) is 10.0 Å². The number of benzene rings is 2. The number of halogens is 2. The molecule has 0 saturated carbocycles. The van der Waals surface area contributed by atoms with Gasteiger partial charge in [0.1, 0.15) is 11.2 Å². The molecule has 4 rings (SSSR count). The highest BCUT2D eigenvalue weighted by molar-refractivity contribution is 6.32. The Kier molecular flexibility index (Phi) is 5.43. The summed E-state index contributed by atoms with van der Waals surface area (Å²) in [4.78, 5) is 17.9. The van der Waals surface area contributed by atoms with Crippen molar-refractivity contribution in [1.29, 1.82) is 0 Å². The van der Waals surface area contributed by atoms with E-state index in [0.29, 0.717) is 32.5 Å². The van der Waals surface area contributed by atoms with E-state index >= 15 is 0 Å². The van der Waals surface area contributed by atoms with Crippen molar-refractivity contribution in [2.75, 3.05) is 0 Å². The van der Waals surface area contributed by atoms with Gasteiger partial charge >= 0.3 is 0 Å². The fourth-order valence-corrected chi connectivity index (χ4v) is 3.92. The van der Waals surface area contributed by atoms with Gasteiger partial charge in [0.15, 0.2) is 5.52 Å². The molecule has 0 unspecified atom stereocenters. The lowest BCUT2D eigenvalue weighted by atomic mass is 10.1. The summed E-state index contributed by atoms with van der Waals surface area (Å²) in [6.07, 6.45) is 3.32. The summed E-state index contributed by atoms with van der Waals surface area (Å²) in [6, 6.07) is 14.9. The number of rotatable bonds is 5. The van der Waals surface area contributed by atoms with Gasteiger partial charge in [0.05, 0.1) is 17.0 Å². The normalized spacial score (nSPS) is 11.5. The molecule has 0 fully saturated rings. The third-order valence-corrected chi connectivity index (χ3v) is 5.71. The molecule has 0 N–H and O–H groups in total. The van der Waals surface area contributed by atoms with Gasteiger partial charge in [-0.05, 0) is 37.1 Å². The van der Waals surface area contributed by atoms with Gasteiger partial charge in [-0.3, -0.25) is 9.36 Å². The van der Waals surface area contributed by atoms with Gasteiger partial charge in [-0.25, -0.2) is 9.67 Å². The number of nitrogens with zero attached hydrogens (tertiary/aromatic N) is 4. The van der Waals surface area contributed by atoms with Crippen LogP contribution in [-0.2, 0) is 0 Å². The van der Waals surface area contributed by atoms with Crippen molar-refractivity contribution < 1.29 is 0 Å². The van der Waals surface area contributed by atoms with Crippen LogP contribution in [0.1, 0.15) is 32.7 Å². The van der Waals surface area contributed by atoms with Crippen LogP contribution in [0.3, 0.4) is 0 Å². The molecule has 0 amide bonds. The lowest BCUT2D eigenvalue weighted by Crippen LogP contribution is -2.24. The molecule has 29 heavy (non-hydrogen) atoms. The fraction of sp³-hybridized carbons (Fsp3) is 0.227. The Bertz CT molecular complexity index is 1220. The zero-order chi connectivity index (χ0) is 20.5. The van der Waals surface area contributed by atoms with Crippen LogP contribution in [0.5, 0.6) is 0 Å². The Morgan fingerprint density at radius 1 is 0.966 bits per heavy atom. The number of aromatic nitrogens is 4. The van der Waals surface area contributed by atoms with E-state index in [9.17, 15) is 4.79 Å². The van der Waals surface area contributed by atoms with E-state index in [-0.39, 0.29) is 11.6 Å². The van der Waals surface area contributed by atoms with Gasteiger partial charge in [0, 0.05) is 16.6 Å². The molecule has 0 radical (unpaired) electrons. The van der Waals surface area contributed by atoms with E-state index in [0.717, 1.165) is 18.4 Å². The molecule has 0 aliphatic carbocycles. The van der Waals surface area contributed by atoms with E-state index in [1.807, 2.05) is 30.3 Å². The molecule has 0 bridgehead atoms. The number of hydrogen-bond donors (Lipinski definition) is 0. The van der Waals surface area contributed by atoms with E-state index in [1.165, 1.54) is 0 Å². The van der Waals surface area contributed by atoms with Crippen LogP contribution in [0.15, 0.2) is 59.7 Å². The molecule has 2 aromatic carbocycles. The number of hydrogen-bond acceptors (Lipinski definition) is 3. The fourth-order valence-electron chi connectivity index (χ4n) is 3.58. The standard InChI is InChI=1S/C22H20Cl2N4O/c1-3-16(4-2)27-13-25-19-20(22(27)29)26-28(18-8-6-5-7-17(18)24)21(19)14-9-11-15(23)12-10-14/h5-13,16H,3-4H2,1-2H3. The summed E-state index contributed by atoms with van der Waals surface area (Å²) in [5.41, 5.74) is 2.96. The minimum Gasteiger partial charge on any atom is -0.294 e. The molecule has 0 aliphatic rings. The highest BCUT2D eigenvalue weighted by atomic mass is 35.5. The minimum absolute atomic E-state index is 0.0869. The van der Waals surface area contributed by atoms with Crippen LogP contribution in [0.4, 0.5) is 0 Å². The molecule has 7 heteroatoms. The van der Waals surface area contributed by atoms with Crippen LogP contribution >= 0.6 is 23.2 Å². The molecule has 0 atom stereocenters. The monoisotopic (exact) mass is 426 g/mol. The van der Waals surface area contributed by atoms with Gasteiger partial charge in [0.2, 0.25) is 0 Å². The SMILES string of the molecule is CCC(CC)n1cnc2c(-c3ccc(Cl)cc3)n(-c3ccccc3Cl)nc2c1=O. The average molecular weight is 427 g/mol. The topological polar surface area (TPSA) is 52.7 Å². The minimum atomic E-state index is -0.148. The van der Waals surface area contributed by atoms with Crippen LogP contribution < -0.4 is 5.56 Å². The van der Waals surface area contributed by atoms with E-state index in [2.05, 4.69) is 23.9 Å². The van der Waals surface area contributed by atoms with Crippen molar-refractivity contribution in [1.82, 2.24) is 19.3 Å². The van der Waals surface area contributed by atoms with Gasteiger partial charge in [-0.2, -0.15) is 5.10 Å². The third-order valence-electron chi connectivity index (χ3n) is 5.14. The maximum Gasteiger partial charge on any atom is 0.282 e. The zero-order valence-electron chi connectivity index (χ0n) is 16.1. The summed E-state index contributed by atoms with van der Waals surface area (Å²) >= 11 is 12.5. The lowest BCUT2D eigenvalue weighted by molar-refractivity contribution is 0.455. The van der Waals surface area contributed by atoms with E-state index in [4.69, 9.17) is 23.2 Å². The molecular formula is C22H20Cl2N4O. The molecule has 2 heterocycles. The van der Waals surface area contributed by atoms with Crippen LogP contribution in [0.25, 0.3) is 28.0 Å². The maximum absolute atomic E-state index is 13.2. The largest absolute Gasteiger partial charge is 0.294 e. The van der Waals surface area contributed by atoms with Gasteiger partial charge < -0.3 is 0 Å². The predicted molar refractivity (Wildman–Crippen MR) is 118 cm³/mol. The average Bonchev–Trinajstić information content (AvgIpc) is 3.11. The maximum atomic E-state index is 13.2. The first-order valence-electron chi connectivity index (χ1n) is 9.55. The summed E-state index contributed by atoms with van der Waals surface area (Å²) in [5.74, 6) is 0. The molecule has 0 saturated heterocycles. The molecule has 0 aliphatic heterocycles. The zero-order valence-corrected chi connectivity index (χ0v) is 17.7. The first-order valence-corrected chi connectivity index (χ1v) is 10.3. The van der Waals surface area contributed by atoms with Crippen molar-refractivity contribution in [3.8, 4) is 16.9 Å². The van der Waals surface area contributed by atoms with Crippen LogP contribution in [-0.4, -0.2) is 19.3 Å². The van der Waals surface area contributed by atoms with Crippen molar-refractivity contribution in [3.63, 3.8) is 0 Å². The molecular weight excluding hydrogens is 407 g/mol. The summed E-state index contributed by atoms with van der Waals surface area (Å²) in [7, 11) is 0.